The van der Waals surface area contributed by atoms with E-state index < -0.39 is 0 Å². The Bertz CT molecular complexity index is 1040. The van der Waals surface area contributed by atoms with E-state index in [1.54, 1.807) is 0 Å². The lowest BCUT2D eigenvalue weighted by Gasteiger charge is -2.14. The monoisotopic (exact) mass is 339 g/mol. The molecule has 128 valence electrons. The molecule has 0 spiro atoms. The molecule has 1 aliphatic carbocycles. The SMILES string of the molecule is CN(C)C1=CCC(c2ccc3ccccc3c2C(=O)c2ccccc2)=C1. The molecule has 2 nitrogen and oxygen atoms in total. The van der Waals surface area contributed by atoms with E-state index in [0.717, 1.165) is 33.9 Å². The van der Waals surface area contributed by atoms with Crippen molar-refractivity contribution in [3.63, 3.8) is 0 Å². The Kier molecular flexibility index (Phi) is 4.18. The fraction of sp³-hybridized carbons (Fsp3) is 0.125. The number of benzene rings is 3. The lowest BCUT2D eigenvalue weighted by Crippen LogP contribution is -2.08. The first-order chi connectivity index (χ1) is 12.6. The van der Waals surface area contributed by atoms with Gasteiger partial charge in [-0.25, -0.2) is 0 Å². The fourth-order valence-corrected chi connectivity index (χ4v) is 3.53. The minimum atomic E-state index is 0.0802. The van der Waals surface area contributed by atoms with Crippen molar-refractivity contribution in [1.29, 1.82) is 0 Å². The maximum Gasteiger partial charge on any atom is 0.194 e. The molecule has 0 saturated carbocycles. The Labute approximate surface area is 154 Å². The van der Waals surface area contributed by atoms with Crippen molar-refractivity contribution < 1.29 is 4.79 Å². The minimum Gasteiger partial charge on any atom is -0.378 e. The maximum absolute atomic E-state index is 13.4. The summed E-state index contributed by atoms with van der Waals surface area (Å²) in [6.45, 7) is 0. The lowest BCUT2D eigenvalue weighted by atomic mass is 9.89. The molecule has 3 aromatic carbocycles. The number of hydrogen-bond donors (Lipinski definition) is 0. The fourth-order valence-electron chi connectivity index (χ4n) is 3.53. The van der Waals surface area contributed by atoms with Crippen molar-refractivity contribution in [2.45, 2.75) is 6.42 Å². The minimum absolute atomic E-state index is 0.0802. The highest BCUT2D eigenvalue weighted by Crippen LogP contribution is 2.34. The van der Waals surface area contributed by atoms with E-state index in [9.17, 15) is 4.79 Å². The van der Waals surface area contributed by atoms with E-state index in [1.807, 2.05) is 62.6 Å². The molecule has 2 heteroatoms. The van der Waals surface area contributed by atoms with Crippen LogP contribution in [0.2, 0.25) is 0 Å². The summed E-state index contributed by atoms with van der Waals surface area (Å²) in [5, 5.41) is 2.10. The second kappa shape index (κ2) is 6.64. The van der Waals surface area contributed by atoms with Crippen LogP contribution in [0.5, 0.6) is 0 Å². The van der Waals surface area contributed by atoms with Gasteiger partial charge < -0.3 is 4.90 Å². The summed E-state index contributed by atoms with van der Waals surface area (Å²) < 4.78 is 0. The molecule has 26 heavy (non-hydrogen) atoms. The molecule has 0 amide bonds. The third-order valence-corrected chi connectivity index (χ3v) is 4.91. The van der Waals surface area contributed by atoms with Crippen molar-refractivity contribution in [2.75, 3.05) is 14.1 Å². The predicted molar refractivity (Wildman–Crippen MR) is 108 cm³/mol. The summed E-state index contributed by atoms with van der Waals surface area (Å²) in [4.78, 5) is 15.5. The number of carbonyl (C=O) groups excluding carboxylic acids is 1. The topological polar surface area (TPSA) is 20.3 Å². The molecular weight excluding hydrogens is 318 g/mol. The van der Waals surface area contributed by atoms with Crippen LogP contribution in [-0.4, -0.2) is 24.8 Å². The number of fused-ring (bicyclic) bond motifs is 1. The summed E-state index contributed by atoms with van der Waals surface area (Å²) in [6.07, 6.45) is 5.24. The third kappa shape index (κ3) is 2.84. The maximum atomic E-state index is 13.4. The van der Waals surface area contributed by atoms with Crippen molar-refractivity contribution >= 4 is 22.1 Å². The van der Waals surface area contributed by atoms with Crippen molar-refractivity contribution in [1.82, 2.24) is 4.90 Å². The van der Waals surface area contributed by atoms with Crippen LogP contribution in [0.25, 0.3) is 16.3 Å². The van der Waals surface area contributed by atoms with Crippen LogP contribution in [0.1, 0.15) is 27.9 Å². The van der Waals surface area contributed by atoms with Gasteiger partial charge in [-0.2, -0.15) is 0 Å². The standard InChI is InChI=1S/C24H21NO/c1-25(2)20-14-12-19(16-20)22-15-13-17-8-6-7-11-21(17)23(22)24(26)18-9-4-3-5-10-18/h3-11,13-16H,12H2,1-2H3. The van der Waals surface area contributed by atoms with Gasteiger partial charge in [0.1, 0.15) is 0 Å². The first-order valence-corrected chi connectivity index (χ1v) is 8.85. The van der Waals surface area contributed by atoms with Crippen molar-refractivity contribution in [3.8, 4) is 0 Å². The first kappa shape index (κ1) is 16.3. The first-order valence-electron chi connectivity index (χ1n) is 8.85. The van der Waals surface area contributed by atoms with Gasteiger partial charge in [0.2, 0.25) is 0 Å². The van der Waals surface area contributed by atoms with E-state index in [0.29, 0.717) is 0 Å². The van der Waals surface area contributed by atoms with E-state index in [-0.39, 0.29) is 5.78 Å². The largest absolute Gasteiger partial charge is 0.378 e. The smallest absolute Gasteiger partial charge is 0.194 e. The Balaban J connectivity index is 1.92. The molecule has 0 fully saturated rings. The molecule has 0 saturated heterocycles. The highest BCUT2D eigenvalue weighted by atomic mass is 16.1. The number of likely N-dealkylation sites (N-methyl/N-ethyl adjacent to an activating group) is 1. The van der Waals surface area contributed by atoms with Gasteiger partial charge in [-0.15, -0.1) is 0 Å². The highest BCUT2D eigenvalue weighted by Gasteiger charge is 2.21. The van der Waals surface area contributed by atoms with Crippen LogP contribution < -0.4 is 0 Å². The molecule has 1 aliphatic rings. The van der Waals surface area contributed by atoms with Crippen LogP contribution in [0.15, 0.2) is 84.6 Å². The van der Waals surface area contributed by atoms with Gasteiger partial charge in [0.05, 0.1) is 0 Å². The molecule has 0 unspecified atom stereocenters. The van der Waals surface area contributed by atoms with Gasteiger partial charge >= 0.3 is 0 Å². The van der Waals surface area contributed by atoms with Gasteiger partial charge in [0.25, 0.3) is 0 Å². The van der Waals surface area contributed by atoms with Crippen LogP contribution in [-0.2, 0) is 0 Å². The summed E-state index contributed by atoms with van der Waals surface area (Å²) in [5.74, 6) is 0.0802. The summed E-state index contributed by atoms with van der Waals surface area (Å²) >= 11 is 0. The molecule has 0 radical (unpaired) electrons. The number of carbonyl (C=O) groups is 1. The van der Waals surface area contributed by atoms with E-state index in [2.05, 4.69) is 35.3 Å². The Morgan fingerprint density at radius 2 is 1.62 bits per heavy atom. The molecule has 0 N–H and O–H groups in total. The molecular formula is C24H21NO. The van der Waals surface area contributed by atoms with Gasteiger partial charge in [-0.1, -0.05) is 72.8 Å². The van der Waals surface area contributed by atoms with Gasteiger partial charge in [-0.05, 0) is 34.4 Å². The zero-order valence-electron chi connectivity index (χ0n) is 15.1. The Morgan fingerprint density at radius 1 is 0.885 bits per heavy atom. The Hall–Kier alpha value is -3.13. The molecule has 4 rings (SSSR count). The molecule has 0 atom stereocenters. The lowest BCUT2D eigenvalue weighted by molar-refractivity contribution is 0.104. The average molecular weight is 339 g/mol. The van der Waals surface area contributed by atoms with Crippen LogP contribution in [0.3, 0.4) is 0 Å². The predicted octanol–water partition coefficient (Wildman–Crippen LogP) is 5.30. The number of ketones is 1. The average Bonchev–Trinajstić information content (AvgIpc) is 3.17. The summed E-state index contributed by atoms with van der Waals surface area (Å²) in [5.41, 5.74) is 4.94. The van der Waals surface area contributed by atoms with E-state index in [1.165, 1.54) is 11.3 Å². The molecule has 0 bridgehead atoms. The normalized spacial score (nSPS) is 13.5. The molecule has 0 aliphatic heterocycles. The highest BCUT2D eigenvalue weighted by molar-refractivity contribution is 6.19. The quantitative estimate of drug-likeness (QED) is 0.601. The van der Waals surface area contributed by atoms with Crippen molar-refractivity contribution in [3.05, 3.63) is 101 Å². The number of allylic oxidation sites excluding steroid dienone is 3. The van der Waals surface area contributed by atoms with Gasteiger partial charge in [-0.3, -0.25) is 4.79 Å². The molecule has 0 aromatic heterocycles. The van der Waals surface area contributed by atoms with Crippen LogP contribution in [0.4, 0.5) is 0 Å². The second-order valence-electron chi connectivity index (χ2n) is 6.80. The van der Waals surface area contributed by atoms with Gasteiger partial charge in [0.15, 0.2) is 5.78 Å². The summed E-state index contributed by atoms with van der Waals surface area (Å²) in [6, 6.07) is 21.9. The molecule has 0 heterocycles. The third-order valence-electron chi connectivity index (χ3n) is 4.91. The van der Waals surface area contributed by atoms with E-state index >= 15 is 0 Å². The number of nitrogens with zero attached hydrogens (tertiary/aromatic N) is 1. The zero-order chi connectivity index (χ0) is 18.1. The Morgan fingerprint density at radius 3 is 2.35 bits per heavy atom. The van der Waals surface area contributed by atoms with Crippen LogP contribution >= 0.6 is 0 Å². The summed E-state index contributed by atoms with van der Waals surface area (Å²) in [7, 11) is 4.09. The molecule has 3 aromatic rings. The van der Waals surface area contributed by atoms with Crippen LogP contribution in [0, 0.1) is 0 Å². The number of hydrogen-bond acceptors (Lipinski definition) is 2. The number of rotatable bonds is 4. The zero-order valence-corrected chi connectivity index (χ0v) is 15.1. The van der Waals surface area contributed by atoms with Gasteiger partial charge in [0, 0.05) is 30.9 Å². The second-order valence-corrected chi connectivity index (χ2v) is 6.80. The van der Waals surface area contributed by atoms with Crippen molar-refractivity contribution in [2.24, 2.45) is 0 Å². The van der Waals surface area contributed by atoms with E-state index in [4.69, 9.17) is 0 Å².